The summed E-state index contributed by atoms with van der Waals surface area (Å²) in [7, 11) is 0. The molecule has 0 unspecified atom stereocenters. The van der Waals surface area contributed by atoms with Crippen molar-refractivity contribution in [3.63, 3.8) is 0 Å². The Morgan fingerprint density at radius 1 is 1.40 bits per heavy atom. The molecule has 1 aliphatic carbocycles. The number of nitrogens with one attached hydrogen (secondary N) is 1. The molecule has 25 heavy (non-hydrogen) atoms. The largest absolute Gasteiger partial charge is 0.444 e. The highest BCUT2D eigenvalue weighted by molar-refractivity contribution is 5.77. The van der Waals surface area contributed by atoms with Gasteiger partial charge in [0, 0.05) is 12.6 Å². The highest BCUT2D eigenvalue weighted by atomic mass is 19.1. The molecular formula is C18H20FN3O3. The van der Waals surface area contributed by atoms with Crippen LogP contribution in [0.4, 0.5) is 9.18 Å². The van der Waals surface area contributed by atoms with Gasteiger partial charge in [0.1, 0.15) is 17.2 Å². The van der Waals surface area contributed by atoms with Crippen molar-refractivity contribution < 1.29 is 13.9 Å². The molecule has 1 saturated carbocycles. The Bertz CT molecular complexity index is 925. The molecule has 2 aliphatic heterocycles. The van der Waals surface area contributed by atoms with Crippen LogP contribution in [0, 0.1) is 5.82 Å². The lowest BCUT2D eigenvalue weighted by molar-refractivity contribution is 0.0246. The van der Waals surface area contributed by atoms with Gasteiger partial charge in [-0.15, -0.1) is 0 Å². The molecule has 2 aromatic rings. The lowest BCUT2D eigenvalue weighted by atomic mass is 9.69. The minimum absolute atomic E-state index is 0.115. The summed E-state index contributed by atoms with van der Waals surface area (Å²) in [5, 5.41) is 0.234. The molecule has 1 amide bonds. The topological polar surface area (TPSA) is 75.3 Å². The summed E-state index contributed by atoms with van der Waals surface area (Å²) < 4.78 is 18.8. The van der Waals surface area contributed by atoms with Crippen molar-refractivity contribution in [2.75, 3.05) is 6.54 Å². The number of hydrogen-bond donors (Lipinski definition) is 1. The fourth-order valence-electron chi connectivity index (χ4n) is 3.81. The van der Waals surface area contributed by atoms with Gasteiger partial charge in [-0.05, 0) is 51.8 Å². The number of carbonyl (C=O) groups excluding carboxylic acids is 1. The number of halogens is 1. The Hall–Kier alpha value is -2.44. The highest BCUT2D eigenvalue weighted by Gasteiger charge is 2.59. The van der Waals surface area contributed by atoms with E-state index in [-0.39, 0.29) is 28.5 Å². The van der Waals surface area contributed by atoms with E-state index in [4.69, 9.17) is 4.74 Å². The Labute approximate surface area is 144 Å². The van der Waals surface area contributed by atoms with Crippen LogP contribution in [-0.4, -0.2) is 39.1 Å². The maximum Gasteiger partial charge on any atom is 0.410 e. The summed E-state index contributed by atoms with van der Waals surface area (Å²) in [6, 6.07) is 4.11. The third kappa shape index (κ3) is 2.58. The fourth-order valence-corrected chi connectivity index (χ4v) is 3.81. The van der Waals surface area contributed by atoms with E-state index >= 15 is 0 Å². The summed E-state index contributed by atoms with van der Waals surface area (Å²) in [6.07, 6.45) is 1.17. The summed E-state index contributed by atoms with van der Waals surface area (Å²) in [5.41, 5.74) is -0.776. The molecule has 1 N–H and O–H groups in total. The third-order valence-corrected chi connectivity index (χ3v) is 4.96. The van der Waals surface area contributed by atoms with E-state index in [0.717, 1.165) is 12.8 Å². The summed E-state index contributed by atoms with van der Waals surface area (Å²) in [6.45, 7) is 5.98. The smallest absolute Gasteiger partial charge is 0.410 e. The monoisotopic (exact) mass is 345 g/mol. The zero-order valence-corrected chi connectivity index (χ0v) is 14.4. The van der Waals surface area contributed by atoms with Gasteiger partial charge in [0.25, 0.3) is 5.56 Å². The van der Waals surface area contributed by atoms with E-state index in [0.29, 0.717) is 17.9 Å². The van der Waals surface area contributed by atoms with Crippen molar-refractivity contribution in [3.05, 3.63) is 40.2 Å². The molecule has 1 aromatic heterocycles. The number of H-pyrrole nitrogens is 1. The number of aromatic nitrogens is 2. The first-order valence-corrected chi connectivity index (χ1v) is 8.37. The van der Waals surface area contributed by atoms with E-state index in [1.165, 1.54) is 18.2 Å². The van der Waals surface area contributed by atoms with Crippen molar-refractivity contribution in [2.45, 2.75) is 50.7 Å². The zero-order chi connectivity index (χ0) is 18.0. The molecule has 3 fully saturated rings. The van der Waals surface area contributed by atoms with E-state index < -0.39 is 11.4 Å². The number of rotatable bonds is 1. The molecule has 132 valence electrons. The van der Waals surface area contributed by atoms with Gasteiger partial charge in [-0.25, -0.2) is 14.2 Å². The number of benzene rings is 1. The van der Waals surface area contributed by atoms with Gasteiger partial charge in [0.05, 0.1) is 16.3 Å². The molecule has 5 rings (SSSR count). The van der Waals surface area contributed by atoms with Crippen molar-refractivity contribution in [3.8, 4) is 0 Å². The van der Waals surface area contributed by atoms with Gasteiger partial charge >= 0.3 is 6.09 Å². The number of ether oxygens (including phenoxy) is 1. The quantitative estimate of drug-likeness (QED) is 0.862. The minimum atomic E-state index is -0.545. The fraction of sp³-hybridized carbons (Fsp3) is 0.500. The Kier molecular flexibility index (Phi) is 3.23. The van der Waals surface area contributed by atoms with Crippen LogP contribution >= 0.6 is 0 Å². The number of amides is 1. The van der Waals surface area contributed by atoms with Gasteiger partial charge in [-0.1, -0.05) is 0 Å². The molecule has 2 bridgehead atoms. The second-order valence-electron chi connectivity index (χ2n) is 8.03. The van der Waals surface area contributed by atoms with Crippen LogP contribution in [0.25, 0.3) is 10.9 Å². The molecule has 2 saturated heterocycles. The molecule has 6 nitrogen and oxygen atoms in total. The van der Waals surface area contributed by atoms with Crippen LogP contribution in [-0.2, 0) is 10.2 Å². The molecule has 7 heteroatoms. The van der Waals surface area contributed by atoms with Crippen molar-refractivity contribution in [1.82, 2.24) is 14.9 Å². The van der Waals surface area contributed by atoms with Crippen molar-refractivity contribution in [1.29, 1.82) is 0 Å². The summed E-state index contributed by atoms with van der Waals surface area (Å²) in [5.74, 6) is 0.102. The number of aromatic amines is 1. The van der Waals surface area contributed by atoms with E-state index in [2.05, 4.69) is 9.97 Å². The van der Waals surface area contributed by atoms with E-state index in [9.17, 15) is 14.0 Å². The van der Waals surface area contributed by atoms with Crippen molar-refractivity contribution in [2.24, 2.45) is 0 Å². The number of hydrogen-bond acceptors (Lipinski definition) is 4. The summed E-state index contributed by atoms with van der Waals surface area (Å²) in [4.78, 5) is 33.7. The molecule has 1 aromatic carbocycles. The number of nitrogens with zero attached hydrogens (tertiary/aromatic N) is 2. The predicted molar refractivity (Wildman–Crippen MR) is 90.0 cm³/mol. The number of carbonyl (C=O) groups is 1. The third-order valence-electron chi connectivity index (χ3n) is 4.96. The van der Waals surface area contributed by atoms with Crippen LogP contribution < -0.4 is 5.56 Å². The van der Waals surface area contributed by atoms with Crippen LogP contribution in [0.1, 0.15) is 39.4 Å². The van der Waals surface area contributed by atoms with Gasteiger partial charge in [-0.2, -0.15) is 0 Å². The second-order valence-corrected chi connectivity index (χ2v) is 8.03. The van der Waals surface area contributed by atoms with Crippen LogP contribution in [0.15, 0.2) is 23.0 Å². The summed E-state index contributed by atoms with van der Waals surface area (Å²) >= 11 is 0. The van der Waals surface area contributed by atoms with Gasteiger partial charge in [0.2, 0.25) is 0 Å². The Morgan fingerprint density at radius 2 is 2.12 bits per heavy atom. The van der Waals surface area contributed by atoms with E-state index in [1.54, 1.807) is 4.90 Å². The van der Waals surface area contributed by atoms with Crippen LogP contribution in [0.2, 0.25) is 0 Å². The maximum atomic E-state index is 13.3. The minimum Gasteiger partial charge on any atom is -0.444 e. The maximum absolute atomic E-state index is 13.3. The van der Waals surface area contributed by atoms with Crippen LogP contribution in [0.5, 0.6) is 0 Å². The highest BCUT2D eigenvalue weighted by Crippen LogP contribution is 2.52. The Balaban J connectivity index is 1.64. The second kappa shape index (κ2) is 5.03. The average Bonchev–Trinajstić information content (AvgIpc) is 3.02. The molecule has 3 heterocycles. The van der Waals surface area contributed by atoms with Gasteiger partial charge < -0.3 is 14.6 Å². The molecular weight excluding hydrogens is 325 g/mol. The predicted octanol–water partition coefficient (Wildman–Crippen LogP) is 2.71. The lowest BCUT2D eigenvalue weighted by Crippen LogP contribution is -2.41. The van der Waals surface area contributed by atoms with Gasteiger partial charge in [-0.3, -0.25) is 4.79 Å². The molecule has 0 spiro atoms. The SMILES string of the molecule is CC(C)(C)OC(=O)N1CC2(c3nc4ccc(F)cc4c(=O)[nH]3)CC1C2. The normalized spacial score (nSPS) is 25.1. The van der Waals surface area contributed by atoms with E-state index in [1.807, 2.05) is 20.8 Å². The first kappa shape index (κ1) is 16.1. The zero-order valence-electron chi connectivity index (χ0n) is 14.4. The molecule has 0 radical (unpaired) electrons. The molecule has 3 aliphatic rings. The standard InChI is InChI=1S/C18H20FN3O3/c1-17(2,3)25-16(24)22-9-18(7-11(22)8-18)15-20-13-5-4-10(19)6-12(13)14(23)21-15/h4-6,11H,7-9H2,1-3H3,(H,20,21,23). The first-order valence-electron chi connectivity index (χ1n) is 8.37. The van der Waals surface area contributed by atoms with Gasteiger partial charge in [0.15, 0.2) is 0 Å². The number of fused-ring (bicyclic) bond motifs is 2. The Morgan fingerprint density at radius 3 is 2.80 bits per heavy atom. The average molecular weight is 345 g/mol. The van der Waals surface area contributed by atoms with Crippen molar-refractivity contribution >= 4 is 17.0 Å². The van der Waals surface area contributed by atoms with Crippen LogP contribution in [0.3, 0.4) is 0 Å². The molecule has 0 atom stereocenters. The first-order chi connectivity index (χ1) is 11.7. The lowest BCUT2D eigenvalue weighted by Gasteiger charge is -2.35.